The van der Waals surface area contributed by atoms with Crippen LogP contribution < -0.4 is 20.8 Å². The molecule has 5 N–H and O–H groups in total. The van der Waals surface area contributed by atoms with Crippen LogP contribution in [0.2, 0.25) is 0 Å². The molecule has 0 aliphatic heterocycles. The molecule has 1 aromatic heterocycles. The SMILES string of the molecule is CNn1ccc(C=C2CCC(O)CC2)c1C(=N)Oc1ccc(NC(=O)CC(=O)Nc2ccc(F)cc2)cc1F. The number of ether oxygens (including phenoxy) is 1. The lowest BCUT2D eigenvalue weighted by molar-refractivity contribution is -0.123. The molecular formula is C28H29F2N5O4. The summed E-state index contributed by atoms with van der Waals surface area (Å²) in [6.45, 7) is 0. The molecule has 1 fully saturated rings. The van der Waals surface area contributed by atoms with E-state index in [0.29, 0.717) is 24.2 Å². The first-order chi connectivity index (χ1) is 18.7. The van der Waals surface area contributed by atoms with E-state index in [1.807, 2.05) is 12.1 Å². The molecule has 0 saturated heterocycles. The topological polar surface area (TPSA) is 128 Å². The number of nitrogens with zero attached hydrogens (tertiary/aromatic N) is 1. The Bertz CT molecular complexity index is 1390. The summed E-state index contributed by atoms with van der Waals surface area (Å²) in [5, 5.41) is 23.2. The molecule has 2 aromatic carbocycles. The fourth-order valence-electron chi connectivity index (χ4n) is 4.24. The number of rotatable bonds is 8. The van der Waals surface area contributed by atoms with Crippen LogP contribution in [0.15, 0.2) is 60.3 Å². The van der Waals surface area contributed by atoms with Crippen molar-refractivity contribution in [3.8, 4) is 5.75 Å². The molecule has 204 valence electrons. The van der Waals surface area contributed by atoms with Gasteiger partial charge in [-0.25, -0.2) is 8.78 Å². The zero-order chi connectivity index (χ0) is 27.9. The van der Waals surface area contributed by atoms with Gasteiger partial charge in [-0.05, 0) is 68.1 Å². The van der Waals surface area contributed by atoms with Crippen LogP contribution >= 0.6 is 0 Å². The van der Waals surface area contributed by atoms with Crippen molar-refractivity contribution in [2.45, 2.75) is 38.2 Å². The van der Waals surface area contributed by atoms with Crippen molar-refractivity contribution in [2.75, 3.05) is 23.1 Å². The summed E-state index contributed by atoms with van der Waals surface area (Å²) in [5.74, 6) is -3.05. The number of hydrogen-bond acceptors (Lipinski definition) is 6. The van der Waals surface area contributed by atoms with E-state index >= 15 is 0 Å². The van der Waals surface area contributed by atoms with Gasteiger partial charge in [-0.3, -0.25) is 19.7 Å². The van der Waals surface area contributed by atoms with Crippen LogP contribution in [-0.4, -0.2) is 40.6 Å². The highest BCUT2D eigenvalue weighted by Crippen LogP contribution is 2.28. The third kappa shape index (κ3) is 7.29. The van der Waals surface area contributed by atoms with E-state index < -0.39 is 29.9 Å². The van der Waals surface area contributed by atoms with Gasteiger partial charge in [0.05, 0.1) is 6.10 Å². The molecule has 1 saturated carbocycles. The molecule has 1 aliphatic rings. The van der Waals surface area contributed by atoms with Crippen molar-refractivity contribution in [3.63, 3.8) is 0 Å². The highest BCUT2D eigenvalue weighted by atomic mass is 19.1. The number of halogens is 2. The molecule has 2 amide bonds. The number of aliphatic hydroxyl groups excluding tert-OH is 1. The Morgan fingerprint density at radius 2 is 1.69 bits per heavy atom. The highest BCUT2D eigenvalue weighted by Gasteiger charge is 2.20. The van der Waals surface area contributed by atoms with E-state index in [2.05, 4.69) is 16.1 Å². The molecule has 0 atom stereocenters. The second-order valence-corrected chi connectivity index (χ2v) is 9.10. The number of hydrogen-bond donors (Lipinski definition) is 5. The van der Waals surface area contributed by atoms with Crippen LogP contribution in [0.5, 0.6) is 5.75 Å². The van der Waals surface area contributed by atoms with Crippen molar-refractivity contribution in [1.29, 1.82) is 5.41 Å². The number of carbonyl (C=O) groups is 2. The van der Waals surface area contributed by atoms with Crippen molar-refractivity contribution >= 4 is 35.2 Å². The Balaban J connectivity index is 1.39. The van der Waals surface area contributed by atoms with Gasteiger partial charge in [-0.2, -0.15) is 0 Å². The predicted octanol–water partition coefficient (Wildman–Crippen LogP) is 4.63. The summed E-state index contributed by atoms with van der Waals surface area (Å²) in [6.07, 6.45) is 5.78. The molecule has 1 heterocycles. The predicted molar refractivity (Wildman–Crippen MR) is 144 cm³/mol. The maximum Gasteiger partial charge on any atom is 0.238 e. The number of aromatic nitrogens is 1. The largest absolute Gasteiger partial charge is 0.434 e. The van der Waals surface area contributed by atoms with Crippen LogP contribution in [0.4, 0.5) is 20.2 Å². The zero-order valence-corrected chi connectivity index (χ0v) is 21.3. The van der Waals surface area contributed by atoms with Crippen molar-refractivity contribution in [2.24, 2.45) is 0 Å². The van der Waals surface area contributed by atoms with Crippen LogP contribution in [0.25, 0.3) is 6.08 Å². The van der Waals surface area contributed by atoms with Crippen LogP contribution in [0.1, 0.15) is 43.4 Å². The normalized spacial score (nSPS) is 14.9. The molecule has 9 nitrogen and oxygen atoms in total. The Labute approximate surface area is 224 Å². The molecule has 0 spiro atoms. The Kier molecular flexibility index (Phi) is 8.72. The third-order valence-electron chi connectivity index (χ3n) is 6.21. The van der Waals surface area contributed by atoms with Crippen LogP contribution in [0, 0.1) is 17.0 Å². The Hall–Kier alpha value is -4.51. The lowest BCUT2D eigenvalue weighted by Gasteiger charge is -2.19. The molecule has 39 heavy (non-hydrogen) atoms. The first-order valence-electron chi connectivity index (χ1n) is 12.4. The maximum absolute atomic E-state index is 14.8. The monoisotopic (exact) mass is 537 g/mol. The molecule has 0 radical (unpaired) electrons. The summed E-state index contributed by atoms with van der Waals surface area (Å²) in [5.41, 5.74) is 5.67. The van der Waals surface area contributed by atoms with Gasteiger partial charge in [0.1, 0.15) is 17.9 Å². The van der Waals surface area contributed by atoms with E-state index in [1.165, 1.54) is 36.4 Å². The number of carbonyl (C=O) groups excluding carboxylic acids is 2. The number of amides is 2. The van der Waals surface area contributed by atoms with E-state index in [9.17, 15) is 23.5 Å². The number of allylic oxidation sites excluding steroid dienone is 1. The summed E-state index contributed by atoms with van der Waals surface area (Å²) < 4.78 is 35.0. The fourth-order valence-corrected chi connectivity index (χ4v) is 4.24. The maximum atomic E-state index is 14.8. The number of aliphatic hydroxyl groups is 1. The fraction of sp³-hybridized carbons (Fsp3) is 0.250. The average Bonchev–Trinajstić information content (AvgIpc) is 3.31. The molecule has 0 bridgehead atoms. The second-order valence-electron chi connectivity index (χ2n) is 9.10. The standard InChI is InChI=1S/C28H29F2N5O4/c1-32-35-13-12-18(14-17-2-9-22(36)10-3-17)27(35)28(31)39-24-11-8-21(15-23(24)30)34-26(38)16-25(37)33-20-6-4-19(29)5-7-20/h4-8,11-15,22,31-32,36H,2-3,9-10,16H2,1H3,(H,33,37)(H,34,38). The summed E-state index contributed by atoms with van der Waals surface area (Å²) >= 11 is 0. The zero-order valence-electron chi connectivity index (χ0n) is 21.3. The van der Waals surface area contributed by atoms with E-state index in [4.69, 9.17) is 10.1 Å². The molecule has 11 heteroatoms. The lowest BCUT2D eigenvalue weighted by atomic mass is 9.91. The van der Waals surface area contributed by atoms with Crippen molar-refractivity contribution < 1.29 is 28.2 Å². The third-order valence-corrected chi connectivity index (χ3v) is 6.21. The van der Waals surface area contributed by atoms with E-state index in [-0.39, 0.29) is 23.4 Å². The minimum atomic E-state index is -0.808. The van der Waals surface area contributed by atoms with Gasteiger partial charge < -0.3 is 25.9 Å². The number of benzene rings is 2. The van der Waals surface area contributed by atoms with Gasteiger partial charge in [0, 0.05) is 36.2 Å². The van der Waals surface area contributed by atoms with Gasteiger partial charge in [-0.15, -0.1) is 0 Å². The Morgan fingerprint density at radius 3 is 2.33 bits per heavy atom. The van der Waals surface area contributed by atoms with Crippen LogP contribution in [0.3, 0.4) is 0 Å². The van der Waals surface area contributed by atoms with Gasteiger partial charge >= 0.3 is 0 Å². The molecule has 1 aliphatic carbocycles. The van der Waals surface area contributed by atoms with Crippen molar-refractivity contribution in [1.82, 2.24) is 4.68 Å². The van der Waals surface area contributed by atoms with Gasteiger partial charge in [0.25, 0.3) is 0 Å². The highest BCUT2D eigenvalue weighted by molar-refractivity contribution is 6.08. The average molecular weight is 538 g/mol. The minimum Gasteiger partial charge on any atom is -0.434 e. The summed E-state index contributed by atoms with van der Waals surface area (Å²) in [6, 6.07) is 10.6. The quantitative estimate of drug-likeness (QED) is 0.163. The molecular weight excluding hydrogens is 508 g/mol. The van der Waals surface area contributed by atoms with Crippen molar-refractivity contribution in [3.05, 3.63) is 83.2 Å². The van der Waals surface area contributed by atoms with E-state index in [0.717, 1.165) is 30.0 Å². The van der Waals surface area contributed by atoms with Gasteiger partial charge in [0.15, 0.2) is 11.6 Å². The molecule has 0 unspecified atom stereocenters. The summed E-state index contributed by atoms with van der Waals surface area (Å²) in [7, 11) is 1.68. The van der Waals surface area contributed by atoms with Gasteiger partial charge in [0.2, 0.25) is 17.7 Å². The lowest BCUT2D eigenvalue weighted by Crippen LogP contribution is -2.22. The minimum absolute atomic E-state index is 0.106. The Morgan fingerprint density at radius 1 is 1.05 bits per heavy atom. The first-order valence-corrected chi connectivity index (χ1v) is 12.4. The first kappa shape index (κ1) is 27.5. The van der Waals surface area contributed by atoms with Crippen LogP contribution in [-0.2, 0) is 9.59 Å². The summed E-state index contributed by atoms with van der Waals surface area (Å²) in [4.78, 5) is 24.3. The van der Waals surface area contributed by atoms with Gasteiger partial charge in [-0.1, -0.05) is 11.6 Å². The second kappa shape index (κ2) is 12.4. The number of nitrogens with one attached hydrogen (secondary N) is 4. The molecule has 3 aromatic rings. The smallest absolute Gasteiger partial charge is 0.238 e. The number of anilines is 2. The molecule has 4 rings (SSSR count). The van der Waals surface area contributed by atoms with E-state index in [1.54, 1.807) is 17.9 Å².